The Balaban J connectivity index is 1.95. The fourth-order valence-electron chi connectivity index (χ4n) is 1.62. The van der Waals surface area contributed by atoms with E-state index in [2.05, 4.69) is 25.2 Å². The van der Waals surface area contributed by atoms with Crippen LogP contribution < -0.4 is 5.32 Å². The fraction of sp³-hybridized carbons (Fsp3) is 0.833. The first kappa shape index (κ1) is 11.7. The van der Waals surface area contributed by atoms with Crippen LogP contribution in [0.5, 0.6) is 0 Å². The zero-order valence-electron chi connectivity index (χ0n) is 9.51. The average Bonchev–Trinajstić information content (AvgIpc) is 2.18. The lowest BCUT2D eigenvalue weighted by molar-refractivity contribution is 0.149. The molecule has 1 rings (SSSR count). The van der Waals surface area contributed by atoms with Gasteiger partial charge in [0.25, 0.3) is 0 Å². The Morgan fingerprint density at radius 1 is 1.50 bits per heavy atom. The quantitative estimate of drug-likeness (QED) is 0.521. The third kappa shape index (κ3) is 5.40. The van der Waals surface area contributed by atoms with Gasteiger partial charge in [0, 0.05) is 6.54 Å². The van der Waals surface area contributed by atoms with Crippen molar-refractivity contribution in [2.24, 2.45) is 5.92 Å². The molecule has 1 N–H and O–H groups in total. The standard InChI is InChI=1S/C12H23NO/c1-11(2)5-3-7-13-9-12-6-4-8-14-10-12/h6,11,13H,3-5,7-10H2,1-2H3. The minimum atomic E-state index is 0.828. The average molecular weight is 197 g/mol. The molecule has 14 heavy (non-hydrogen) atoms. The molecule has 0 fully saturated rings. The third-order valence-corrected chi connectivity index (χ3v) is 2.47. The molecule has 82 valence electrons. The summed E-state index contributed by atoms with van der Waals surface area (Å²) in [5.41, 5.74) is 1.42. The number of hydrogen-bond donors (Lipinski definition) is 1. The topological polar surface area (TPSA) is 21.3 Å². The van der Waals surface area contributed by atoms with Crippen molar-refractivity contribution in [3.8, 4) is 0 Å². The van der Waals surface area contributed by atoms with Crippen LogP contribution in [0.4, 0.5) is 0 Å². The Hall–Kier alpha value is -0.340. The van der Waals surface area contributed by atoms with E-state index in [1.165, 1.54) is 18.4 Å². The Labute approximate surface area is 87.7 Å². The lowest BCUT2D eigenvalue weighted by Crippen LogP contribution is -2.22. The maximum Gasteiger partial charge on any atom is 0.0689 e. The van der Waals surface area contributed by atoms with Crippen molar-refractivity contribution in [2.75, 3.05) is 26.3 Å². The van der Waals surface area contributed by atoms with Crippen molar-refractivity contribution in [3.05, 3.63) is 11.6 Å². The molecule has 0 unspecified atom stereocenters. The molecule has 0 radical (unpaired) electrons. The van der Waals surface area contributed by atoms with E-state index in [-0.39, 0.29) is 0 Å². The van der Waals surface area contributed by atoms with E-state index in [0.717, 1.165) is 38.6 Å². The molecule has 0 aromatic rings. The first-order chi connectivity index (χ1) is 6.79. The molecule has 0 saturated carbocycles. The van der Waals surface area contributed by atoms with Gasteiger partial charge in [0.05, 0.1) is 13.2 Å². The molecule has 0 aliphatic carbocycles. The van der Waals surface area contributed by atoms with Gasteiger partial charge in [-0.05, 0) is 37.3 Å². The Bertz CT molecular complexity index is 175. The van der Waals surface area contributed by atoms with Gasteiger partial charge in [-0.25, -0.2) is 0 Å². The molecule has 0 bridgehead atoms. The smallest absolute Gasteiger partial charge is 0.0689 e. The summed E-state index contributed by atoms with van der Waals surface area (Å²) >= 11 is 0. The Morgan fingerprint density at radius 3 is 3.00 bits per heavy atom. The molecule has 0 aromatic heterocycles. The van der Waals surface area contributed by atoms with Crippen LogP contribution in [0.3, 0.4) is 0 Å². The highest BCUT2D eigenvalue weighted by molar-refractivity contribution is 5.06. The van der Waals surface area contributed by atoms with Gasteiger partial charge in [0.2, 0.25) is 0 Å². The fourth-order valence-corrected chi connectivity index (χ4v) is 1.62. The molecule has 1 aliphatic rings. The van der Waals surface area contributed by atoms with Crippen LogP contribution in [0.1, 0.15) is 33.1 Å². The van der Waals surface area contributed by atoms with Crippen LogP contribution in [0, 0.1) is 5.92 Å². The normalized spacial score (nSPS) is 17.2. The van der Waals surface area contributed by atoms with Crippen molar-refractivity contribution in [2.45, 2.75) is 33.1 Å². The van der Waals surface area contributed by atoms with Gasteiger partial charge in [0.1, 0.15) is 0 Å². The van der Waals surface area contributed by atoms with Gasteiger partial charge in [-0.3, -0.25) is 0 Å². The highest BCUT2D eigenvalue weighted by Crippen LogP contribution is 2.05. The highest BCUT2D eigenvalue weighted by Gasteiger charge is 2.02. The molecular weight excluding hydrogens is 174 g/mol. The second-order valence-electron chi connectivity index (χ2n) is 4.42. The van der Waals surface area contributed by atoms with Crippen molar-refractivity contribution in [1.82, 2.24) is 5.32 Å². The first-order valence-electron chi connectivity index (χ1n) is 5.75. The molecule has 0 saturated heterocycles. The second-order valence-corrected chi connectivity index (χ2v) is 4.42. The molecule has 0 aromatic carbocycles. The van der Waals surface area contributed by atoms with Gasteiger partial charge in [-0.1, -0.05) is 19.9 Å². The molecule has 0 atom stereocenters. The summed E-state index contributed by atoms with van der Waals surface area (Å²) in [6.45, 7) is 8.43. The molecule has 0 spiro atoms. The zero-order chi connectivity index (χ0) is 10.2. The van der Waals surface area contributed by atoms with Crippen LogP contribution in [0.15, 0.2) is 11.6 Å². The lowest BCUT2D eigenvalue weighted by atomic mass is 10.1. The minimum Gasteiger partial charge on any atom is -0.377 e. The third-order valence-electron chi connectivity index (χ3n) is 2.47. The van der Waals surface area contributed by atoms with E-state index in [0.29, 0.717) is 0 Å². The van der Waals surface area contributed by atoms with Gasteiger partial charge >= 0.3 is 0 Å². The van der Waals surface area contributed by atoms with Crippen molar-refractivity contribution in [3.63, 3.8) is 0 Å². The largest absolute Gasteiger partial charge is 0.377 e. The zero-order valence-corrected chi connectivity index (χ0v) is 9.51. The maximum atomic E-state index is 5.37. The second kappa shape index (κ2) is 7.02. The Morgan fingerprint density at radius 2 is 2.36 bits per heavy atom. The van der Waals surface area contributed by atoms with Crippen LogP contribution in [0.25, 0.3) is 0 Å². The lowest BCUT2D eigenvalue weighted by Gasteiger charge is -2.14. The molecule has 1 aliphatic heterocycles. The SMILES string of the molecule is CC(C)CCCNCC1=CCCOC1. The van der Waals surface area contributed by atoms with E-state index < -0.39 is 0 Å². The predicted octanol–water partition coefficient (Wildman–Crippen LogP) is 2.36. The molecular formula is C12H23NO. The van der Waals surface area contributed by atoms with Gasteiger partial charge < -0.3 is 10.1 Å². The van der Waals surface area contributed by atoms with Crippen LogP contribution in [0.2, 0.25) is 0 Å². The summed E-state index contributed by atoms with van der Waals surface area (Å²) in [6, 6.07) is 0. The van der Waals surface area contributed by atoms with E-state index in [4.69, 9.17) is 4.74 Å². The van der Waals surface area contributed by atoms with E-state index >= 15 is 0 Å². The number of nitrogens with one attached hydrogen (secondary N) is 1. The molecule has 2 nitrogen and oxygen atoms in total. The van der Waals surface area contributed by atoms with E-state index in [1.54, 1.807) is 0 Å². The highest BCUT2D eigenvalue weighted by atomic mass is 16.5. The van der Waals surface area contributed by atoms with Gasteiger partial charge in [0.15, 0.2) is 0 Å². The van der Waals surface area contributed by atoms with Gasteiger partial charge in [-0.2, -0.15) is 0 Å². The van der Waals surface area contributed by atoms with E-state index in [1.807, 2.05) is 0 Å². The predicted molar refractivity (Wildman–Crippen MR) is 60.5 cm³/mol. The monoisotopic (exact) mass is 197 g/mol. The molecule has 0 amide bonds. The summed E-state index contributed by atoms with van der Waals surface area (Å²) in [5.74, 6) is 0.828. The summed E-state index contributed by atoms with van der Waals surface area (Å²) < 4.78 is 5.37. The molecule has 1 heterocycles. The van der Waals surface area contributed by atoms with Crippen LogP contribution in [-0.4, -0.2) is 26.3 Å². The Kier molecular flexibility index (Phi) is 5.88. The summed E-state index contributed by atoms with van der Waals surface area (Å²) in [6.07, 6.45) is 6.00. The van der Waals surface area contributed by atoms with Crippen molar-refractivity contribution in [1.29, 1.82) is 0 Å². The maximum absolute atomic E-state index is 5.37. The summed E-state index contributed by atoms with van der Waals surface area (Å²) in [4.78, 5) is 0. The van der Waals surface area contributed by atoms with Crippen LogP contribution in [-0.2, 0) is 4.74 Å². The van der Waals surface area contributed by atoms with Crippen LogP contribution >= 0.6 is 0 Å². The van der Waals surface area contributed by atoms with E-state index in [9.17, 15) is 0 Å². The number of ether oxygens (including phenoxy) is 1. The minimum absolute atomic E-state index is 0.828. The molecule has 2 heteroatoms. The summed E-state index contributed by atoms with van der Waals surface area (Å²) in [5, 5.41) is 3.46. The van der Waals surface area contributed by atoms with Crippen molar-refractivity contribution < 1.29 is 4.74 Å². The first-order valence-corrected chi connectivity index (χ1v) is 5.75. The summed E-state index contributed by atoms with van der Waals surface area (Å²) in [7, 11) is 0. The number of rotatable bonds is 6. The van der Waals surface area contributed by atoms with Crippen molar-refractivity contribution >= 4 is 0 Å². The number of hydrogen-bond acceptors (Lipinski definition) is 2. The van der Waals surface area contributed by atoms with Gasteiger partial charge in [-0.15, -0.1) is 0 Å².